The van der Waals surface area contributed by atoms with Gasteiger partial charge in [0.15, 0.2) is 0 Å². The van der Waals surface area contributed by atoms with Crippen LogP contribution in [0.25, 0.3) is 0 Å². The highest BCUT2D eigenvalue weighted by atomic mass is 16.4. The van der Waals surface area contributed by atoms with Crippen LogP contribution in [-0.4, -0.2) is 35.2 Å². The van der Waals surface area contributed by atoms with Crippen LogP contribution in [0.5, 0.6) is 0 Å². The van der Waals surface area contributed by atoms with Crippen LogP contribution in [-0.2, 0) is 6.54 Å². The first-order valence-corrected chi connectivity index (χ1v) is 5.47. The number of aromatic nitrogens is 2. The second kappa shape index (κ2) is 4.61. The SMILES string of the molecule is CN(C)Cc1nnc(NC2CCCC2)o1. The molecule has 0 radical (unpaired) electrons. The number of hydrogen-bond donors (Lipinski definition) is 1. The Hall–Kier alpha value is -1.10. The van der Waals surface area contributed by atoms with Crippen LogP contribution in [0.1, 0.15) is 31.6 Å². The summed E-state index contributed by atoms with van der Waals surface area (Å²) in [5.74, 6) is 0.667. The van der Waals surface area contributed by atoms with Gasteiger partial charge in [-0.3, -0.25) is 0 Å². The molecule has 84 valence electrons. The van der Waals surface area contributed by atoms with Crippen molar-refractivity contribution in [3.63, 3.8) is 0 Å². The maximum atomic E-state index is 5.48. The van der Waals surface area contributed by atoms with Gasteiger partial charge in [-0.25, -0.2) is 0 Å². The molecule has 5 nitrogen and oxygen atoms in total. The molecular formula is C10H18N4O. The van der Waals surface area contributed by atoms with Crippen molar-refractivity contribution in [2.75, 3.05) is 19.4 Å². The first kappa shape index (κ1) is 10.4. The molecule has 0 amide bonds. The van der Waals surface area contributed by atoms with E-state index in [4.69, 9.17) is 4.42 Å². The van der Waals surface area contributed by atoms with Crippen LogP contribution in [0, 0.1) is 0 Å². The standard InChI is InChI=1S/C10H18N4O/c1-14(2)7-9-12-13-10(15-9)11-8-5-3-4-6-8/h8H,3-7H2,1-2H3,(H,11,13). The fourth-order valence-electron chi connectivity index (χ4n) is 1.89. The lowest BCUT2D eigenvalue weighted by Gasteiger charge is -2.08. The number of hydrogen-bond acceptors (Lipinski definition) is 5. The first-order valence-electron chi connectivity index (χ1n) is 5.47. The number of anilines is 1. The molecule has 1 saturated carbocycles. The van der Waals surface area contributed by atoms with Gasteiger partial charge in [0.05, 0.1) is 6.54 Å². The van der Waals surface area contributed by atoms with Gasteiger partial charge in [-0.2, -0.15) is 0 Å². The Morgan fingerprint density at radius 2 is 2.07 bits per heavy atom. The van der Waals surface area contributed by atoms with Crippen LogP contribution < -0.4 is 5.32 Å². The minimum atomic E-state index is 0.526. The van der Waals surface area contributed by atoms with E-state index in [9.17, 15) is 0 Å². The monoisotopic (exact) mass is 210 g/mol. The molecule has 1 aliphatic carbocycles. The average Bonchev–Trinajstić information content (AvgIpc) is 2.77. The third-order valence-electron chi connectivity index (χ3n) is 2.60. The van der Waals surface area contributed by atoms with Gasteiger partial charge in [-0.05, 0) is 26.9 Å². The predicted octanol–water partition coefficient (Wildman–Crippen LogP) is 1.49. The molecule has 1 heterocycles. The molecular weight excluding hydrogens is 192 g/mol. The Morgan fingerprint density at radius 3 is 2.73 bits per heavy atom. The summed E-state index contributed by atoms with van der Waals surface area (Å²) in [6, 6.07) is 1.09. The lowest BCUT2D eigenvalue weighted by Crippen LogP contribution is -2.14. The van der Waals surface area contributed by atoms with Crippen LogP contribution in [0.2, 0.25) is 0 Å². The van der Waals surface area contributed by atoms with E-state index in [0.717, 1.165) is 0 Å². The normalized spacial score (nSPS) is 17.5. The highest BCUT2D eigenvalue weighted by molar-refractivity contribution is 5.19. The predicted molar refractivity (Wildman–Crippen MR) is 57.6 cm³/mol. The molecule has 1 aliphatic rings. The van der Waals surface area contributed by atoms with Gasteiger partial charge in [-0.15, -0.1) is 5.10 Å². The van der Waals surface area contributed by atoms with Gasteiger partial charge in [0, 0.05) is 6.04 Å². The molecule has 0 aliphatic heterocycles. The Morgan fingerprint density at radius 1 is 1.33 bits per heavy atom. The summed E-state index contributed by atoms with van der Waals surface area (Å²) < 4.78 is 5.48. The second-order valence-corrected chi connectivity index (χ2v) is 4.36. The largest absolute Gasteiger partial charge is 0.407 e. The molecule has 1 fully saturated rings. The Kier molecular flexibility index (Phi) is 3.20. The van der Waals surface area contributed by atoms with Crippen molar-refractivity contribution in [2.24, 2.45) is 0 Å². The molecule has 5 heteroatoms. The van der Waals surface area contributed by atoms with E-state index in [0.29, 0.717) is 24.5 Å². The van der Waals surface area contributed by atoms with E-state index >= 15 is 0 Å². The van der Waals surface area contributed by atoms with E-state index in [1.807, 2.05) is 19.0 Å². The van der Waals surface area contributed by atoms with Crippen molar-refractivity contribution in [1.29, 1.82) is 0 Å². The number of rotatable bonds is 4. The van der Waals surface area contributed by atoms with Crippen LogP contribution in [0.15, 0.2) is 4.42 Å². The molecule has 15 heavy (non-hydrogen) atoms. The molecule has 1 aromatic rings. The molecule has 0 saturated heterocycles. The zero-order valence-electron chi connectivity index (χ0n) is 9.36. The van der Waals surface area contributed by atoms with Crippen molar-refractivity contribution in [3.8, 4) is 0 Å². The minimum absolute atomic E-state index is 0.526. The van der Waals surface area contributed by atoms with E-state index in [1.54, 1.807) is 0 Å². The molecule has 0 unspecified atom stereocenters. The average molecular weight is 210 g/mol. The Balaban J connectivity index is 1.88. The highest BCUT2D eigenvalue weighted by Gasteiger charge is 2.17. The Bertz CT molecular complexity index is 304. The third-order valence-corrected chi connectivity index (χ3v) is 2.60. The third kappa shape index (κ3) is 2.92. The molecule has 2 rings (SSSR count). The number of nitrogens with one attached hydrogen (secondary N) is 1. The van der Waals surface area contributed by atoms with Crippen molar-refractivity contribution in [2.45, 2.75) is 38.3 Å². The van der Waals surface area contributed by atoms with Gasteiger partial charge in [-0.1, -0.05) is 17.9 Å². The summed E-state index contributed by atoms with van der Waals surface area (Å²) in [5.41, 5.74) is 0. The molecule has 0 bridgehead atoms. The van der Waals surface area contributed by atoms with E-state index < -0.39 is 0 Å². The van der Waals surface area contributed by atoms with E-state index in [1.165, 1.54) is 25.7 Å². The fraction of sp³-hybridized carbons (Fsp3) is 0.800. The highest BCUT2D eigenvalue weighted by Crippen LogP contribution is 2.21. The van der Waals surface area contributed by atoms with Gasteiger partial charge >= 0.3 is 6.01 Å². The Labute approximate surface area is 89.9 Å². The lowest BCUT2D eigenvalue weighted by atomic mass is 10.3. The van der Waals surface area contributed by atoms with E-state index in [-0.39, 0.29) is 0 Å². The zero-order chi connectivity index (χ0) is 10.7. The maximum absolute atomic E-state index is 5.48. The van der Waals surface area contributed by atoms with Crippen LogP contribution in [0.4, 0.5) is 6.01 Å². The smallest absolute Gasteiger partial charge is 0.315 e. The van der Waals surface area contributed by atoms with Gasteiger partial charge < -0.3 is 14.6 Å². The van der Waals surface area contributed by atoms with Crippen molar-refractivity contribution in [3.05, 3.63) is 5.89 Å². The summed E-state index contributed by atoms with van der Waals surface area (Å²) in [6.45, 7) is 0.694. The second-order valence-electron chi connectivity index (χ2n) is 4.36. The molecule has 1 aromatic heterocycles. The summed E-state index contributed by atoms with van der Waals surface area (Å²) in [6.07, 6.45) is 5.03. The topological polar surface area (TPSA) is 54.2 Å². The summed E-state index contributed by atoms with van der Waals surface area (Å²) in [4.78, 5) is 2.01. The maximum Gasteiger partial charge on any atom is 0.315 e. The molecule has 0 spiro atoms. The zero-order valence-corrected chi connectivity index (χ0v) is 9.36. The minimum Gasteiger partial charge on any atom is -0.407 e. The molecule has 0 atom stereocenters. The van der Waals surface area contributed by atoms with Gasteiger partial charge in [0.25, 0.3) is 0 Å². The van der Waals surface area contributed by atoms with E-state index in [2.05, 4.69) is 15.5 Å². The molecule has 1 N–H and O–H groups in total. The first-order chi connectivity index (χ1) is 7.24. The summed E-state index contributed by atoms with van der Waals surface area (Å²) >= 11 is 0. The van der Waals surface area contributed by atoms with Crippen LogP contribution in [0.3, 0.4) is 0 Å². The van der Waals surface area contributed by atoms with Crippen LogP contribution >= 0.6 is 0 Å². The number of nitrogens with zero attached hydrogens (tertiary/aromatic N) is 3. The molecule has 0 aromatic carbocycles. The summed E-state index contributed by atoms with van der Waals surface area (Å²) in [7, 11) is 3.96. The van der Waals surface area contributed by atoms with Crippen molar-refractivity contribution >= 4 is 6.01 Å². The van der Waals surface area contributed by atoms with Crippen molar-refractivity contribution < 1.29 is 4.42 Å². The lowest BCUT2D eigenvalue weighted by molar-refractivity contribution is 0.343. The van der Waals surface area contributed by atoms with Gasteiger partial charge in [0.1, 0.15) is 0 Å². The fourth-order valence-corrected chi connectivity index (χ4v) is 1.89. The van der Waals surface area contributed by atoms with Gasteiger partial charge in [0.2, 0.25) is 5.89 Å². The summed E-state index contributed by atoms with van der Waals surface area (Å²) in [5, 5.41) is 11.2. The quantitative estimate of drug-likeness (QED) is 0.816. The van der Waals surface area contributed by atoms with Crippen molar-refractivity contribution in [1.82, 2.24) is 15.1 Å².